The summed E-state index contributed by atoms with van der Waals surface area (Å²) in [6.45, 7) is 3.52. The molecule has 4 rings (SSSR count). The average Bonchev–Trinajstić information content (AvgIpc) is 2.81. The lowest BCUT2D eigenvalue weighted by atomic mass is 10.2. The van der Waals surface area contributed by atoms with Crippen molar-refractivity contribution in [3.63, 3.8) is 0 Å². The van der Waals surface area contributed by atoms with Crippen LogP contribution in [-0.4, -0.2) is 44.6 Å². The maximum absolute atomic E-state index is 12.5. The highest BCUT2D eigenvalue weighted by atomic mass is 35.5. The number of nitriles is 1. The Hall–Kier alpha value is -3.39. The molecule has 2 aromatic carbocycles. The van der Waals surface area contributed by atoms with E-state index in [9.17, 15) is 8.42 Å². The molecule has 0 aliphatic carbocycles. The first-order chi connectivity index (χ1) is 15.0. The zero-order valence-corrected chi connectivity index (χ0v) is 18.7. The Morgan fingerprint density at radius 3 is 2.28 bits per heavy atom. The summed E-state index contributed by atoms with van der Waals surface area (Å²) in [5.41, 5.74) is 1.60. The number of nitrogens with one attached hydrogen (secondary N) is 3. The van der Waals surface area contributed by atoms with Crippen molar-refractivity contribution in [2.75, 3.05) is 41.1 Å². The molecule has 11 heteroatoms. The minimum Gasteiger partial charge on any atom is -0.340 e. The Labute approximate surface area is 193 Å². The molecule has 1 fully saturated rings. The molecular formula is C21H22ClN7O2S. The van der Waals surface area contributed by atoms with E-state index in [1.807, 2.05) is 6.07 Å². The minimum atomic E-state index is -3.74. The predicted octanol–water partition coefficient (Wildman–Crippen LogP) is 2.72. The van der Waals surface area contributed by atoms with Crippen LogP contribution in [0.25, 0.3) is 0 Å². The van der Waals surface area contributed by atoms with Crippen LogP contribution in [-0.2, 0) is 10.0 Å². The lowest BCUT2D eigenvalue weighted by Crippen LogP contribution is -2.44. The van der Waals surface area contributed by atoms with Crippen LogP contribution in [0.4, 0.5) is 23.1 Å². The summed E-state index contributed by atoms with van der Waals surface area (Å²) in [4.78, 5) is 11.1. The standard InChI is InChI=1S/C21H21N7O2S.ClH/c22-15-16-1-7-19(8-2-16)31(29,30)27-18-5-3-17(4-6-18)25-20-9-10-24-21(26-20)28-13-11-23-12-14-28;/h1-10,23,27H,11-14H2,(H,24,25,26);1H. The SMILES string of the molecule is Cl.N#Cc1ccc(S(=O)(=O)Nc2ccc(Nc3ccnc(N4CCNCC4)n3)cc2)cc1. The number of hydrogen-bond acceptors (Lipinski definition) is 8. The molecule has 0 spiro atoms. The smallest absolute Gasteiger partial charge is 0.261 e. The lowest BCUT2D eigenvalue weighted by Gasteiger charge is -2.27. The fourth-order valence-electron chi connectivity index (χ4n) is 3.13. The average molecular weight is 472 g/mol. The van der Waals surface area contributed by atoms with E-state index < -0.39 is 10.0 Å². The van der Waals surface area contributed by atoms with E-state index in [0.29, 0.717) is 23.0 Å². The van der Waals surface area contributed by atoms with Crippen molar-refractivity contribution in [2.24, 2.45) is 0 Å². The summed E-state index contributed by atoms with van der Waals surface area (Å²) in [6.07, 6.45) is 1.72. The van der Waals surface area contributed by atoms with Crippen LogP contribution in [0.5, 0.6) is 0 Å². The largest absolute Gasteiger partial charge is 0.340 e. The van der Waals surface area contributed by atoms with Gasteiger partial charge in [-0.2, -0.15) is 10.2 Å². The third-order valence-corrected chi connectivity index (χ3v) is 6.14. The molecule has 1 aromatic heterocycles. The molecule has 9 nitrogen and oxygen atoms in total. The Balaban J connectivity index is 0.00000289. The Bertz CT molecular complexity index is 1190. The van der Waals surface area contributed by atoms with E-state index in [2.05, 4.69) is 30.2 Å². The monoisotopic (exact) mass is 471 g/mol. The molecule has 1 saturated heterocycles. The number of aromatic nitrogens is 2. The van der Waals surface area contributed by atoms with Crippen LogP contribution in [0.15, 0.2) is 65.7 Å². The minimum absolute atomic E-state index is 0. The molecule has 1 aliphatic rings. The maximum atomic E-state index is 12.5. The maximum Gasteiger partial charge on any atom is 0.261 e. The second kappa shape index (κ2) is 10.3. The van der Waals surface area contributed by atoms with Gasteiger partial charge in [-0.05, 0) is 54.6 Å². The second-order valence-electron chi connectivity index (χ2n) is 6.92. The van der Waals surface area contributed by atoms with Crippen molar-refractivity contribution in [3.05, 3.63) is 66.4 Å². The molecule has 166 valence electrons. The van der Waals surface area contributed by atoms with E-state index in [-0.39, 0.29) is 17.3 Å². The summed E-state index contributed by atoms with van der Waals surface area (Å²) >= 11 is 0. The highest BCUT2D eigenvalue weighted by Crippen LogP contribution is 2.21. The molecule has 0 atom stereocenters. The van der Waals surface area contributed by atoms with Gasteiger partial charge < -0.3 is 15.5 Å². The number of anilines is 4. The zero-order valence-electron chi connectivity index (χ0n) is 17.0. The Kier molecular flexibility index (Phi) is 7.48. The summed E-state index contributed by atoms with van der Waals surface area (Å²) in [6, 6.07) is 16.4. The molecule has 2 heterocycles. The molecule has 32 heavy (non-hydrogen) atoms. The van der Waals surface area contributed by atoms with Gasteiger partial charge in [0.05, 0.1) is 16.5 Å². The molecule has 0 unspecified atom stereocenters. The summed E-state index contributed by atoms with van der Waals surface area (Å²) < 4.78 is 27.6. The summed E-state index contributed by atoms with van der Waals surface area (Å²) in [7, 11) is -3.74. The van der Waals surface area contributed by atoms with Crippen LogP contribution in [0.3, 0.4) is 0 Å². The highest BCUT2D eigenvalue weighted by molar-refractivity contribution is 7.92. The van der Waals surface area contributed by atoms with Gasteiger partial charge in [0.1, 0.15) is 5.82 Å². The normalized spacial score (nSPS) is 13.5. The van der Waals surface area contributed by atoms with Crippen molar-refractivity contribution >= 4 is 45.6 Å². The number of hydrogen-bond donors (Lipinski definition) is 3. The Morgan fingerprint density at radius 1 is 0.969 bits per heavy atom. The molecule has 0 amide bonds. The molecule has 1 aliphatic heterocycles. The highest BCUT2D eigenvalue weighted by Gasteiger charge is 2.15. The van der Waals surface area contributed by atoms with Gasteiger partial charge in [-0.1, -0.05) is 0 Å². The van der Waals surface area contributed by atoms with Gasteiger partial charge in [0, 0.05) is 43.8 Å². The van der Waals surface area contributed by atoms with Crippen LogP contribution in [0, 0.1) is 11.3 Å². The van der Waals surface area contributed by atoms with Gasteiger partial charge in [-0.25, -0.2) is 13.4 Å². The van der Waals surface area contributed by atoms with Gasteiger partial charge in [0.15, 0.2) is 0 Å². The first kappa shape index (κ1) is 23.3. The van der Waals surface area contributed by atoms with E-state index in [4.69, 9.17) is 5.26 Å². The van der Waals surface area contributed by atoms with Crippen molar-refractivity contribution in [3.8, 4) is 6.07 Å². The molecule has 0 radical (unpaired) electrons. The Morgan fingerprint density at radius 2 is 1.62 bits per heavy atom. The van der Waals surface area contributed by atoms with Gasteiger partial charge in [-0.15, -0.1) is 12.4 Å². The van der Waals surface area contributed by atoms with Crippen molar-refractivity contribution < 1.29 is 8.42 Å². The van der Waals surface area contributed by atoms with E-state index in [0.717, 1.165) is 31.9 Å². The van der Waals surface area contributed by atoms with Crippen LogP contribution in [0.1, 0.15) is 5.56 Å². The quantitative estimate of drug-likeness (QED) is 0.501. The number of sulfonamides is 1. The molecular weight excluding hydrogens is 450 g/mol. The molecule has 3 N–H and O–H groups in total. The van der Waals surface area contributed by atoms with E-state index >= 15 is 0 Å². The fourth-order valence-corrected chi connectivity index (χ4v) is 4.19. The number of nitrogens with zero attached hydrogens (tertiary/aromatic N) is 4. The topological polar surface area (TPSA) is 123 Å². The molecule has 3 aromatic rings. The number of benzene rings is 2. The molecule has 0 saturated carbocycles. The first-order valence-corrected chi connectivity index (χ1v) is 11.2. The van der Waals surface area contributed by atoms with Gasteiger partial charge in [0.2, 0.25) is 5.95 Å². The van der Waals surface area contributed by atoms with Crippen LogP contribution >= 0.6 is 12.4 Å². The number of rotatable bonds is 6. The van der Waals surface area contributed by atoms with Crippen LogP contribution < -0.4 is 20.3 Å². The van der Waals surface area contributed by atoms with Gasteiger partial charge in [0.25, 0.3) is 10.0 Å². The predicted molar refractivity (Wildman–Crippen MR) is 126 cm³/mol. The van der Waals surface area contributed by atoms with Gasteiger partial charge in [-0.3, -0.25) is 4.72 Å². The zero-order chi connectivity index (χ0) is 21.7. The lowest BCUT2D eigenvalue weighted by molar-refractivity contribution is 0.580. The second-order valence-corrected chi connectivity index (χ2v) is 8.61. The first-order valence-electron chi connectivity index (χ1n) is 9.72. The van der Waals surface area contributed by atoms with Crippen LogP contribution in [0.2, 0.25) is 0 Å². The number of piperazine rings is 1. The fraction of sp³-hybridized carbons (Fsp3) is 0.190. The van der Waals surface area contributed by atoms with Gasteiger partial charge >= 0.3 is 0 Å². The van der Waals surface area contributed by atoms with Crippen molar-refractivity contribution in [1.82, 2.24) is 15.3 Å². The van der Waals surface area contributed by atoms with E-state index in [1.165, 1.54) is 24.3 Å². The third-order valence-electron chi connectivity index (χ3n) is 4.75. The summed E-state index contributed by atoms with van der Waals surface area (Å²) in [5, 5.41) is 15.4. The molecule has 0 bridgehead atoms. The summed E-state index contributed by atoms with van der Waals surface area (Å²) in [5.74, 6) is 1.34. The van der Waals surface area contributed by atoms with Crippen molar-refractivity contribution in [1.29, 1.82) is 5.26 Å². The third kappa shape index (κ3) is 5.64. The number of halogens is 1. The van der Waals surface area contributed by atoms with Crippen molar-refractivity contribution in [2.45, 2.75) is 4.90 Å². The van der Waals surface area contributed by atoms with E-state index in [1.54, 1.807) is 36.5 Å².